The Hall–Kier alpha value is -6.78. The third-order valence-corrected chi connectivity index (χ3v) is 14.7. The summed E-state index contributed by atoms with van der Waals surface area (Å²) in [5.74, 6) is 0. The molecule has 3 nitrogen and oxygen atoms in total. The Kier molecular flexibility index (Phi) is 9.90. The zero-order valence-corrected chi connectivity index (χ0v) is 42.0. The van der Waals surface area contributed by atoms with Crippen LogP contribution in [0.1, 0.15) is 105 Å². The normalized spacial score (nSPS) is 13.8. The first-order chi connectivity index (χ1) is 32.2. The van der Waals surface area contributed by atoms with Gasteiger partial charge in [0.05, 0.1) is 0 Å². The number of nitrogens with zero attached hydrogens (tertiary/aromatic N) is 2. The summed E-state index contributed by atoms with van der Waals surface area (Å²) in [7, 11) is 0. The molecule has 0 fully saturated rings. The minimum Gasteiger partial charge on any atom is -0.455 e. The lowest BCUT2D eigenvalue weighted by Gasteiger charge is -2.45. The molecule has 4 heteroatoms. The quantitative estimate of drug-likeness (QED) is 0.164. The molecule has 0 spiro atoms. The highest BCUT2D eigenvalue weighted by Crippen LogP contribution is 2.48. The van der Waals surface area contributed by atoms with Crippen LogP contribution >= 0.6 is 0 Å². The van der Waals surface area contributed by atoms with Gasteiger partial charge in [-0.3, -0.25) is 0 Å². The minimum atomic E-state index is -0.127. The molecular weight excluding hydrogens is 824 g/mol. The highest BCUT2D eigenvalue weighted by Gasteiger charge is 2.45. The molecule has 0 saturated heterocycles. The monoisotopic (exact) mass is 887 g/mol. The summed E-state index contributed by atoms with van der Waals surface area (Å²) in [4.78, 5) is 5.14. The molecule has 3 heterocycles. The van der Waals surface area contributed by atoms with E-state index in [9.17, 15) is 0 Å². The van der Waals surface area contributed by atoms with Crippen LogP contribution in [0.25, 0.3) is 44.2 Å². The number of fused-ring (bicyclic) bond motifs is 7. The standard InChI is InChI=1S/C64H63BN2O/c1-61(2,3)43-26-20-40(21-27-43)41-22-30-47(31-23-41)66-54-36-44(62(4,5)6)28-34-52(54)65-53-35-29-45(63(7,8)9)37-55(53)67(57-39-46(64(10,11)12)38-56(66)59(57)65)48-32-24-42(25-33-48)49-17-15-18-51-50-16-13-14-19-58(50)68-60(49)51/h13-39H,1-12H3. The number of benzene rings is 8. The molecule has 0 radical (unpaired) electrons. The maximum absolute atomic E-state index is 6.54. The fourth-order valence-electron chi connectivity index (χ4n) is 10.6. The van der Waals surface area contributed by atoms with E-state index in [0.29, 0.717) is 0 Å². The molecule has 9 aromatic rings. The molecule has 338 valence electrons. The predicted octanol–water partition coefficient (Wildman–Crippen LogP) is 16.2. The molecule has 68 heavy (non-hydrogen) atoms. The van der Waals surface area contributed by atoms with Crippen molar-refractivity contribution in [1.29, 1.82) is 0 Å². The summed E-state index contributed by atoms with van der Waals surface area (Å²) in [6.07, 6.45) is 0. The van der Waals surface area contributed by atoms with E-state index in [1.807, 2.05) is 6.07 Å². The van der Waals surface area contributed by atoms with Crippen LogP contribution < -0.4 is 26.2 Å². The highest BCUT2D eigenvalue weighted by atomic mass is 16.3. The van der Waals surface area contributed by atoms with Crippen molar-refractivity contribution in [1.82, 2.24) is 0 Å². The van der Waals surface area contributed by atoms with E-state index < -0.39 is 0 Å². The van der Waals surface area contributed by atoms with Gasteiger partial charge in [0.1, 0.15) is 11.2 Å². The summed E-state index contributed by atoms with van der Waals surface area (Å²) in [6, 6.07) is 62.1. The van der Waals surface area contributed by atoms with Crippen molar-refractivity contribution in [3.8, 4) is 22.3 Å². The number of furan rings is 1. The van der Waals surface area contributed by atoms with Crippen molar-refractivity contribution >= 4 is 79.2 Å². The van der Waals surface area contributed by atoms with Crippen LogP contribution in [0.4, 0.5) is 34.1 Å². The topological polar surface area (TPSA) is 19.6 Å². The zero-order chi connectivity index (χ0) is 47.7. The molecule has 2 aliphatic heterocycles. The largest absolute Gasteiger partial charge is 0.455 e. The fourth-order valence-corrected chi connectivity index (χ4v) is 10.6. The number of hydrogen-bond donors (Lipinski definition) is 0. The van der Waals surface area contributed by atoms with Crippen molar-refractivity contribution in [3.63, 3.8) is 0 Å². The van der Waals surface area contributed by atoms with E-state index in [-0.39, 0.29) is 28.4 Å². The Morgan fingerprint density at radius 2 is 0.794 bits per heavy atom. The van der Waals surface area contributed by atoms with Crippen LogP contribution in [-0.2, 0) is 21.7 Å². The van der Waals surface area contributed by atoms with Gasteiger partial charge in [-0.1, -0.05) is 192 Å². The number of para-hydroxylation sites is 2. The van der Waals surface area contributed by atoms with Crippen LogP contribution in [-0.4, -0.2) is 6.71 Å². The average molecular weight is 887 g/mol. The van der Waals surface area contributed by atoms with E-state index in [4.69, 9.17) is 4.42 Å². The first-order valence-electron chi connectivity index (χ1n) is 24.5. The third-order valence-electron chi connectivity index (χ3n) is 14.7. The summed E-state index contributed by atoms with van der Waals surface area (Å²) in [5, 5.41) is 2.29. The van der Waals surface area contributed by atoms with Gasteiger partial charge in [-0.25, -0.2) is 0 Å². The van der Waals surface area contributed by atoms with Gasteiger partial charge in [0, 0.05) is 50.5 Å². The van der Waals surface area contributed by atoms with E-state index in [0.717, 1.165) is 44.4 Å². The molecular formula is C64H63BN2O. The molecule has 11 rings (SSSR count). The lowest BCUT2D eigenvalue weighted by atomic mass is 9.33. The van der Waals surface area contributed by atoms with Crippen molar-refractivity contribution in [2.45, 2.75) is 105 Å². The molecule has 0 bridgehead atoms. The van der Waals surface area contributed by atoms with Crippen molar-refractivity contribution in [2.75, 3.05) is 9.80 Å². The first kappa shape index (κ1) is 43.8. The average Bonchev–Trinajstić information content (AvgIpc) is 3.69. The van der Waals surface area contributed by atoms with Crippen LogP contribution in [0, 0.1) is 0 Å². The number of rotatable bonds is 4. The molecule has 2 aliphatic rings. The molecule has 0 N–H and O–H groups in total. The summed E-state index contributed by atoms with van der Waals surface area (Å²) < 4.78 is 6.54. The molecule has 1 aromatic heterocycles. The molecule has 0 atom stereocenters. The lowest BCUT2D eigenvalue weighted by Crippen LogP contribution is -2.61. The van der Waals surface area contributed by atoms with Gasteiger partial charge in [0.15, 0.2) is 0 Å². The predicted molar refractivity (Wildman–Crippen MR) is 293 cm³/mol. The van der Waals surface area contributed by atoms with Gasteiger partial charge in [0.25, 0.3) is 6.71 Å². The molecule has 0 saturated carbocycles. The Labute approximate surface area is 404 Å². The van der Waals surface area contributed by atoms with E-state index in [2.05, 4.69) is 251 Å². The summed E-state index contributed by atoms with van der Waals surface area (Å²) >= 11 is 0. The number of hydrogen-bond acceptors (Lipinski definition) is 3. The molecule has 0 aliphatic carbocycles. The van der Waals surface area contributed by atoms with Gasteiger partial charge >= 0.3 is 0 Å². The fraction of sp³-hybridized carbons (Fsp3) is 0.250. The second-order valence-corrected chi connectivity index (χ2v) is 23.5. The second kappa shape index (κ2) is 15.4. The van der Waals surface area contributed by atoms with Crippen LogP contribution in [0.3, 0.4) is 0 Å². The lowest BCUT2D eigenvalue weighted by molar-refractivity contribution is 0.590. The maximum atomic E-state index is 6.54. The highest BCUT2D eigenvalue weighted by molar-refractivity contribution is 7.00. The Morgan fingerprint density at radius 1 is 0.368 bits per heavy atom. The van der Waals surface area contributed by atoms with Crippen LogP contribution in [0.15, 0.2) is 168 Å². The molecule has 8 aromatic carbocycles. The maximum Gasteiger partial charge on any atom is 0.252 e. The van der Waals surface area contributed by atoms with Crippen LogP contribution in [0.5, 0.6) is 0 Å². The molecule has 0 unspecified atom stereocenters. The van der Waals surface area contributed by atoms with Crippen molar-refractivity contribution in [3.05, 3.63) is 186 Å². The van der Waals surface area contributed by atoms with Crippen LogP contribution in [0.2, 0.25) is 0 Å². The Morgan fingerprint density at radius 3 is 1.29 bits per heavy atom. The van der Waals surface area contributed by atoms with Gasteiger partial charge in [-0.05, 0) is 132 Å². The van der Waals surface area contributed by atoms with E-state index in [1.54, 1.807) is 0 Å². The Bertz CT molecular complexity index is 3420. The van der Waals surface area contributed by atoms with Crippen molar-refractivity contribution in [2.24, 2.45) is 0 Å². The first-order valence-corrected chi connectivity index (χ1v) is 24.5. The zero-order valence-electron chi connectivity index (χ0n) is 42.0. The Balaban J connectivity index is 1.13. The smallest absolute Gasteiger partial charge is 0.252 e. The second-order valence-electron chi connectivity index (χ2n) is 23.5. The number of anilines is 6. The van der Waals surface area contributed by atoms with Gasteiger partial charge in [0.2, 0.25) is 0 Å². The van der Waals surface area contributed by atoms with Gasteiger partial charge in [-0.15, -0.1) is 0 Å². The third kappa shape index (κ3) is 7.27. The van der Waals surface area contributed by atoms with E-state index >= 15 is 0 Å². The summed E-state index contributed by atoms with van der Waals surface area (Å²) in [6.45, 7) is 27.9. The minimum absolute atomic E-state index is 0.0279. The van der Waals surface area contributed by atoms with Gasteiger partial charge < -0.3 is 14.2 Å². The van der Waals surface area contributed by atoms with Gasteiger partial charge in [-0.2, -0.15) is 0 Å². The summed E-state index contributed by atoms with van der Waals surface area (Å²) in [5.41, 5.74) is 22.9. The molecule has 0 amide bonds. The van der Waals surface area contributed by atoms with E-state index in [1.165, 1.54) is 72.5 Å². The van der Waals surface area contributed by atoms with Crippen molar-refractivity contribution < 1.29 is 4.42 Å². The SMILES string of the molecule is CC(C)(C)c1ccc(-c2ccc(N3c4cc(C(C)(C)C)ccc4B4c5ccc(C(C)(C)C)cc5N(c5ccc(-c6cccc7c6oc6ccccc67)cc5)c5cc(C(C)(C)C)cc3c54)cc2)cc1.